The summed E-state index contributed by atoms with van der Waals surface area (Å²) >= 11 is 0. The van der Waals surface area contributed by atoms with E-state index in [2.05, 4.69) is 29.1 Å². The van der Waals surface area contributed by atoms with Crippen molar-refractivity contribution in [2.75, 3.05) is 18.5 Å². The Morgan fingerprint density at radius 3 is 2.94 bits per heavy atom. The summed E-state index contributed by atoms with van der Waals surface area (Å²) < 4.78 is 5.30. The van der Waals surface area contributed by atoms with E-state index in [0.717, 1.165) is 18.9 Å². The van der Waals surface area contributed by atoms with E-state index in [4.69, 9.17) is 4.74 Å². The maximum absolute atomic E-state index is 5.30. The van der Waals surface area contributed by atoms with Crippen molar-refractivity contribution in [2.45, 2.75) is 33.6 Å². The van der Waals surface area contributed by atoms with Crippen LogP contribution in [0.4, 0.5) is 5.95 Å². The van der Waals surface area contributed by atoms with Crippen LogP contribution < -0.4 is 10.1 Å². The molecular formula is C12H21N3O. The van der Waals surface area contributed by atoms with Crippen LogP contribution in [0.5, 0.6) is 5.88 Å². The minimum atomic E-state index is 0.629. The van der Waals surface area contributed by atoms with Crippen LogP contribution in [0.1, 0.15) is 33.6 Å². The predicted octanol–water partition coefficient (Wildman–Crippen LogP) is 2.72. The van der Waals surface area contributed by atoms with Crippen LogP contribution in [-0.2, 0) is 0 Å². The zero-order chi connectivity index (χ0) is 11.8. The minimum absolute atomic E-state index is 0.629. The molecule has 1 aromatic rings. The van der Waals surface area contributed by atoms with Crippen molar-refractivity contribution in [3.05, 3.63) is 12.3 Å². The van der Waals surface area contributed by atoms with Crippen LogP contribution in [0.25, 0.3) is 0 Å². The molecule has 1 N–H and O–H groups in total. The number of nitrogens with zero attached hydrogens (tertiary/aromatic N) is 2. The molecule has 0 atom stereocenters. The number of nitrogens with one attached hydrogen (secondary N) is 1. The average molecular weight is 223 g/mol. The van der Waals surface area contributed by atoms with Crippen LogP contribution >= 0.6 is 0 Å². The van der Waals surface area contributed by atoms with E-state index in [9.17, 15) is 0 Å². The zero-order valence-electron chi connectivity index (χ0n) is 10.4. The largest absolute Gasteiger partial charge is 0.478 e. The van der Waals surface area contributed by atoms with Crippen molar-refractivity contribution in [2.24, 2.45) is 5.92 Å². The normalized spacial score (nSPS) is 10.5. The topological polar surface area (TPSA) is 47.0 Å². The second kappa shape index (κ2) is 7.04. The Kier molecular flexibility index (Phi) is 5.61. The second-order valence-electron chi connectivity index (χ2n) is 4.11. The highest BCUT2D eigenvalue weighted by atomic mass is 16.5. The molecule has 0 fully saturated rings. The molecule has 0 aromatic carbocycles. The number of anilines is 1. The summed E-state index contributed by atoms with van der Waals surface area (Å²) in [6.45, 7) is 7.94. The Labute approximate surface area is 97.5 Å². The van der Waals surface area contributed by atoms with Crippen molar-refractivity contribution < 1.29 is 4.74 Å². The van der Waals surface area contributed by atoms with E-state index < -0.39 is 0 Å². The molecule has 1 rings (SSSR count). The van der Waals surface area contributed by atoms with Crippen LogP contribution in [0.3, 0.4) is 0 Å². The summed E-state index contributed by atoms with van der Waals surface area (Å²) in [5.41, 5.74) is 0. The van der Waals surface area contributed by atoms with E-state index in [1.54, 1.807) is 12.3 Å². The molecule has 4 heteroatoms. The van der Waals surface area contributed by atoms with Gasteiger partial charge in [-0.2, -0.15) is 4.98 Å². The van der Waals surface area contributed by atoms with Gasteiger partial charge in [-0.3, -0.25) is 0 Å². The first-order valence-electron chi connectivity index (χ1n) is 5.92. The van der Waals surface area contributed by atoms with Gasteiger partial charge in [0.2, 0.25) is 11.8 Å². The fourth-order valence-electron chi connectivity index (χ4n) is 1.37. The molecule has 0 aliphatic heterocycles. The standard InChI is InChI=1S/C12H21N3O/c1-4-16-11-7-9-14-12(15-11)13-8-5-6-10(2)3/h7,9-10H,4-6,8H2,1-3H3,(H,13,14,15). The first-order chi connectivity index (χ1) is 7.72. The lowest BCUT2D eigenvalue weighted by atomic mass is 10.1. The van der Waals surface area contributed by atoms with Crippen molar-refractivity contribution in [1.29, 1.82) is 0 Å². The SMILES string of the molecule is CCOc1ccnc(NCCCC(C)C)n1. The van der Waals surface area contributed by atoms with E-state index in [1.165, 1.54) is 6.42 Å². The van der Waals surface area contributed by atoms with Gasteiger partial charge in [-0.25, -0.2) is 4.98 Å². The fraction of sp³-hybridized carbons (Fsp3) is 0.667. The minimum Gasteiger partial charge on any atom is -0.478 e. The lowest BCUT2D eigenvalue weighted by Crippen LogP contribution is -2.07. The van der Waals surface area contributed by atoms with E-state index in [1.807, 2.05) is 6.92 Å². The molecule has 0 saturated carbocycles. The zero-order valence-corrected chi connectivity index (χ0v) is 10.4. The molecule has 1 heterocycles. The Morgan fingerprint density at radius 1 is 1.44 bits per heavy atom. The van der Waals surface area contributed by atoms with E-state index in [-0.39, 0.29) is 0 Å². The van der Waals surface area contributed by atoms with Crippen molar-refractivity contribution in [3.63, 3.8) is 0 Å². The van der Waals surface area contributed by atoms with Gasteiger partial charge in [-0.05, 0) is 25.7 Å². The van der Waals surface area contributed by atoms with Gasteiger partial charge in [0.05, 0.1) is 6.61 Å². The highest BCUT2D eigenvalue weighted by molar-refractivity contribution is 5.27. The number of hydrogen-bond acceptors (Lipinski definition) is 4. The summed E-state index contributed by atoms with van der Waals surface area (Å²) in [5.74, 6) is 2.02. The summed E-state index contributed by atoms with van der Waals surface area (Å²) in [4.78, 5) is 8.37. The Hall–Kier alpha value is -1.32. The van der Waals surface area contributed by atoms with Crippen LogP contribution in [0, 0.1) is 5.92 Å². The van der Waals surface area contributed by atoms with Gasteiger partial charge < -0.3 is 10.1 Å². The van der Waals surface area contributed by atoms with Gasteiger partial charge in [0.1, 0.15) is 0 Å². The van der Waals surface area contributed by atoms with Gasteiger partial charge in [0, 0.05) is 18.8 Å². The molecule has 4 nitrogen and oxygen atoms in total. The average Bonchev–Trinajstić information content (AvgIpc) is 2.25. The second-order valence-corrected chi connectivity index (χ2v) is 4.11. The summed E-state index contributed by atoms with van der Waals surface area (Å²) in [6, 6.07) is 1.77. The van der Waals surface area contributed by atoms with Crippen LogP contribution in [0.15, 0.2) is 12.3 Å². The van der Waals surface area contributed by atoms with Crippen LogP contribution in [0.2, 0.25) is 0 Å². The molecule has 0 radical (unpaired) electrons. The Morgan fingerprint density at radius 2 is 2.25 bits per heavy atom. The van der Waals surface area contributed by atoms with Crippen molar-refractivity contribution in [3.8, 4) is 5.88 Å². The molecule has 90 valence electrons. The summed E-state index contributed by atoms with van der Waals surface area (Å²) in [6.07, 6.45) is 4.07. The molecule has 0 bridgehead atoms. The third kappa shape index (κ3) is 4.96. The Balaban J connectivity index is 2.33. The quantitative estimate of drug-likeness (QED) is 0.722. The van der Waals surface area contributed by atoms with Crippen LogP contribution in [-0.4, -0.2) is 23.1 Å². The molecule has 0 amide bonds. The Bertz CT molecular complexity index is 302. The van der Waals surface area contributed by atoms with Gasteiger partial charge in [-0.1, -0.05) is 13.8 Å². The van der Waals surface area contributed by atoms with Crippen molar-refractivity contribution >= 4 is 5.95 Å². The van der Waals surface area contributed by atoms with Crippen molar-refractivity contribution in [1.82, 2.24) is 9.97 Å². The molecule has 0 aliphatic carbocycles. The molecule has 0 spiro atoms. The molecule has 0 aliphatic rings. The lowest BCUT2D eigenvalue weighted by Gasteiger charge is -2.07. The molecule has 1 aromatic heterocycles. The first kappa shape index (κ1) is 12.7. The number of ether oxygens (including phenoxy) is 1. The molecule has 16 heavy (non-hydrogen) atoms. The molecular weight excluding hydrogens is 202 g/mol. The summed E-state index contributed by atoms with van der Waals surface area (Å²) in [5, 5.41) is 3.20. The first-order valence-corrected chi connectivity index (χ1v) is 5.92. The van der Waals surface area contributed by atoms with Gasteiger partial charge >= 0.3 is 0 Å². The maximum Gasteiger partial charge on any atom is 0.225 e. The third-order valence-corrected chi connectivity index (χ3v) is 2.16. The monoisotopic (exact) mass is 223 g/mol. The van der Waals surface area contributed by atoms with E-state index >= 15 is 0 Å². The number of rotatable bonds is 7. The van der Waals surface area contributed by atoms with Gasteiger partial charge in [0.25, 0.3) is 0 Å². The smallest absolute Gasteiger partial charge is 0.225 e. The predicted molar refractivity (Wildman–Crippen MR) is 65.8 cm³/mol. The highest BCUT2D eigenvalue weighted by Gasteiger charge is 1.99. The summed E-state index contributed by atoms with van der Waals surface area (Å²) in [7, 11) is 0. The number of hydrogen-bond donors (Lipinski definition) is 1. The van der Waals surface area contributed by atoms with Gasteiger partial charge in [-0.15, -0.1) is 0 Å². The fourth-order valence-corrected chi connectivity index (χ4v) is 1.37. The van der Waals surface area contributed by atoms with E-state index in [0.29, 0.717) is 18.4 Å². The highest BCUT2D eigenvalue weighted by Crippen LogP contribution is 2.09. The maximum atomic E-state index is 5.30. The lowest BCUT2D eigenvalue weighted by molar-refractivity contribution is 0.326. The van der Waals surface area contributed by atoms with Gasteiger partial charge in [0.15, 0.2) is 0 Å². The number of aromatic nitrogens is 2. The molecule has 0 unspecified atom stereocenters. The molecule has 0 saturated heterocycles. The third-order valence-electron chi connectivity index (χ3n) is 2.16.